The van der Waals surface area contributed by atoms with Gasteiger partial charge < -0.3 is 14.5 Å². The van der Waals surface area contributed by atoms with Crippen molar-refractivity contribution in [2.45, 2.75) is 51.5 Å². The van der Waals surface area contributed by atoms with Crippen molar-refractivity contribution in [1.29, 1.82) is 0 Å². The van der Waals surface area contributed by atoms with Crippen LogP contribution < -0.4 is 10.1 Å². The first-order valence-corrected chi connectivity index (χ1v) is 11.7. The van der Waals surface area contributed by atoms with Gasteiger partial charge in [-0.2, -0.15) is 0 Å². The second-order valence-electron chi connectivity index (χ2n) is 8.23. The Balaban J connectivity index is 1.64. The van der Waals surface area contributed by atoms with E-state index in [4.69, 9.17) is 9.15 Å². The number of halogens is 1. The predicted octanol–water partition coefficient (Wildman–Crippen LogP) is 7.11. The molecule has 1 aromatic heterocycles. The maximum atomic E-state index is 12.7. The molecular formula is C26H28BrNO3. The molecule has 162 valence electrons. The SMILES string of the molecule is COc1cc2occ(-c3ccc(Br)cc3)c2cc1/C(C)=C/C(=O)NC1CCCCCC1. The minimum Gasteiger partial charge on any atom is -0.496 e. The van der Waals surface area contributed by atoms with Crippen molar-refractivity contribution in [3.8, 4) is 16.9 Å². The van der Waals surface area contributed by atoms with Gasteiger partial charge in [-0.15, -0.1) is 0 Å². The van der Waals surface area contributed by atoms with Crippen molar-refractivity contribution in [3.63, 3.8) is 0 Å². The Labute approximate surface area is 191 Å². The largest absolute Gasteiger partial charge is 0.496 e. The molecule has 2 aromatic carbocycles. The van der Waals surface area contributed by atoms with Crippen LogP contribution in [0.4, 0.5) is 0 Å². The van der Waals surface area contributed by atoms with Crippen LogP contribution in [0.15, 0.2) is 57.6 Å². The van der Waals surface area contributed by atoms with Crippen LogP contribution in [0, 0.1) is 0 Å². The number of methoxy groups -OCH3 is 1. The van der Waals surface area contributed by atoms with E-state index in [1.165, 1.54) is 25.7 Å². The van der Waals surface area contributed by atoms with Crippen LogP contribution in [0.1, 0.15) is 51.0 Å². The summed E-state index contributed by atoms with van der Waals surface area (Å²) in [5, 5.41) is 4.19. The number of nitrogens with one attached hydrogen (secondary N) is 1. The number of carbonyl (C=O) groups is 1. The quantitative estimate of drug-likeness (QED) is 0.311. The number of rotatable bonds is 5. The van der Waals surface area contributed by atoms with Gasteiger partial charge in [-0.05, 0) is 49.1 Å². The lowest BCUT2D eigenvalue weighted by Crippen LogP contribution is -2.33. The second kappa shape index (κ2) is 9.73. The number of fused-ring (bicyclic) bond motifs is 1. The maximum Gasteiger partial charge on any atom is 0.244 e. The van der Waals surface area contributed by atoms with Gasteiger partial charge >= 0.3 is 0 Å². The Morgan fingerprint density at radius 2 is 1.84 bits per heavy atom. The highest BCUT2D eigenvalue weighted by Gasteiger charge is 2.17. The molecule has 0 radical (unpaired) electrons. The summed E-state index contributed by atoms with van der Waals surface area (Å²) in [4.78, 5) is 12.7. The summed E-state index contributed by atoms with van der Waals surface area (Å²) >= 11 is 3.49. The fourth-order valence-corrected chi connectivity index (χ4v) is 4.59. The number of furan rings is 1. The van der Waals surface area contributed by atoms with E-state index in [-0.39, 0.29) is 11.9 Å². The molecule has 0 unspecified atom stereocenters. The Morgan fingerprint density at radius 1 is 1.13 bits per heavy atom. The van der Waals surface area contributed by atoms with Gasteiger partial charge in [-0.25, -0.2) is 0 Å². The van der Waals surface area contributed by atoms with E-state index in [2.05, 4.69) is 39.4 Å². The Morgan fingerprint density at radius 3 is 2.52 bits per heavy atom. The number of benzene rings is 2. The molecule has 4 nitrogen and oxygen atoms in total. The standard InChI is InChI=1S/C26H28BrNO3/c1-17(13-26(29)28-20-7-5-3-4-6-8-20)21-14-22-23(18-9-11-19(27)12-10-18)16-31-25(22)15-24(21)30-2/h9-16,20H,3-8H2,1-2H3,(H,28,29)/b17-13+. The first-order chi connectivity index (χ1) is 15.0. The molecule has 1 aliphatic rings. The lowest BCUT2D eigenvalue weighted by molar-refractivity contribution is -0.117. The predicted molar refractivity (Wildman–Crippen MR) is 129 cm³/mol. The Kier molecular flexibility index (Phi) is 6.81. The van der Waals surface area contributed by atoms with Crippen molar-refractivity contribution in [3.05, 3.63) is 58.8 Å². The van der Waals surface area contributed by atoms with Crippen molar-refractivity contribution in [1.82, 2.24) is 5.32 Å². The third-order valence-corrected chi connectivity index (χ3v) is 6.55. The third-order valence-electron chi connectivity index (χ3n) is 6.02. The molecule has 1 fully saturated rings. The van der Waals surface area contributed by atoms with Crippen LogP contribution in [-0.4, -0.2) is 19.1 Å². The van der Waals surface area contributed by atoms with E-state index in [1.807, 2.05) is 25.1 Å². The fraction of sp³-hybridized carbons (Fsp3) is 0.346. The van der Waals surface area contributed by atoms with Gasteiger partial charge in [0.2, 0.25) is 5.91 Å². The average Bonchev–Trinajstić information content (AvgIpc) is 3.00. The third kappa shape index (κ3) is 5.04. The zero-order valence-corrected chi connectivity index (χ0v) is 19.6. The van der Waals surface area contributed by atoms with Crippen LogP contribution in [0.5, 0.6) is 5.75 Å². The second-order valence-corrected chi connectivity index (χ2v) is 9.15. The van der Waals surface area contributed by atoms with Gasteiger partial charge in [-0.3, -0.25) is 4.79 Å². The van der Waals surface area contributed by atoms with Gasteiger partial charge in [0.15, 0.2) is 0 Å². The summed E-state index contributed by atoms with van der Waals surface area (Å²) in [5.74, 6) is 0.659. The molecule has 5 heteroatoms. The monoisotopic (exact) mass is 481 g/mol. The molecule has 1 heterocycles. The number of hydrogen-bond acceptors (Lipinski definition) is 3. The number of allylic oxidation sites excluding steroid dienone is 1. The van der Waals surface area contributed by atoms with E-state index < -0.39 is 0 Å². The van der Waals surface area contributed by atoms with Gasteiger partial charge in [0.25, 0.3) is 0 Å². The van der Waals surface area contributed by atoms with Gasteiger partial charge in [0.1, 0.15) is 11.3 Å². The summed E-state index contributed by atoms with van der Waals surface area (Å²) in [6.07, 6.45) is 10.5. The normalized spacial score (nSPS) is 15.6. The number of carbonyl (C=O) groups excluding carboxylic acids is 1. The van der Waals surface area contributed by atoms with E-state index in [0.717, 1.165) is 50.5 Å². The highest BCUT2D eigenvalue weighted by atomic mass is 79.9. The van der Waals surface area contributed by atoms with Crippen LogP contribution in [0.25, 0.3) is 27.7 Å². The zero-order valence-electron chi connectivity index (χ0n) is 18.0. The molecule has 31 heavy (non-hydrogen) atoms. The molecule has 1 amide bonds. The molecule has 1 aliphatic carbocycles. The smallest absolute Gasteiger partial charge is 0.244 e. The van der Waals surface area contributed by atoms with Crippen LogP contribution >= 0.6 is 15.9 Å². The van der Waals surface area contributed by atoms with Gasteiger partial charge in [0, 0.05) is 39.2 Å². The van der Waals surface area contributed by atoms with Gasteiger partial charge in [-0.1, -0.05) is 53.7 Å². The molecule has 0 bridgehead atoms. The number of ether oxygens (including phenoxy) is 1. The molecule has 1 N–H and O–H groups in total. The van der Waals surface area contributed by atoms with E-state index in [0.29, 0.717) is 5.75 Å². The summed E-state index contributed by atoms with van der Waals surface area (Å²) in [5.41, 5.74) is 4.61. The molecule has 0 aliphatic heterocycles. The van der Waals surface area contributed by atoms with E-state index in [1.54, 1.807) is 19.4 Å². The molecule has 0 saturated heterocycles. The fourth-order valence-electron chi connectivity index (χ4n) is 4.33. The number of hydrogen-bond donors (Lipinski definition) is 1. The molecule has 0 spiro atoms. The lowest BCUT2D eigenvalue weighted by Gasteiger charge is -2.15. The van der Waals surface area contributed by atoms with Crippen molar-refractivity contribution < 1.29 is 13.9 Å². The average molecular weight is 482 g/mol. The summed E-state index contributed by atoms with van der Waals surface area (Å²) < 4.78 is 12.5. The summed E-state index contributed by atoms with van der Waals surface area (Å²) in [6.45, 7) is 1.95. The first kappa shape index (κ1) is 21.7. The molecule has 1 saturated carbocycles. The first-order valence-electron chi connectivity index (χ1n) is 10.9. The van der Waals surface area contributed by atoms with E-state index in [9.17, 15) is 4.79 Å². The number of amides is 1. The van der Waals surface area contributed by atoms with Crippen LogP contribution in [0.2, 0.25) is 0 Å². The molecule has 4 rings (SSSR count). The van der Waals surface area contributed by atoms with Gasteiger partial charge in [0.05, 0.1) is 13.4 Å². The van der Waals surface area contributed by atoms with Crippen molar-refractivity contribution >= 4 is 38.4 Å². The molecule has 0 atom stereocenters. The highest BCUT2D eigenvalue weighted by Crippen LogP contribution is 2.37. The highest BCUT2D eigenvalue weighted by molar-refractivity contribution is 9.10. The Bertz CT molecular complexity index is 1090. The molecule has 3 aromatic rings. The zero-order chi connectivity index (χ0) is 21.8. The summed E-state index contributed by atoms with van der Waals surface area (Å²) in [7, 11) is 1.64. The lowest BCUT2D eigenvalue weighted by atomic mass is 9.99. The summed E-state index contributed by atoms with van der Waals surface area (Å²) in [6, 6.07) is 12.4. The Hall–Kier alpha value is -2.53. The minimum absolute atomic E-state index is 0.0353. The van der Waals surface area contributed by atoms with E-state index >= 15 is 0 Å². The maximum absolute atomic E-state index is 12.7. The van der Waals surface area contributed by atoms with Crippen molar-refractivity contribution in [2.24, 2.45) is 0 Å². The molecular weight excluding hydrogens is 454 g/mol. The van der Waals surface area contributed by atoms with Crippen molar-refractivity contribution in [2.75, 3.05) is 7.11 Å². The topological polar surface area (TPSA) is 51.5 Å². The van der Waals surface area contributed by atoms with Crippen LogP contribution in [-0.2, 0) is 4.79 Å². The minimum atomic E-state index is -0.0353. The van der Waals surface area contributed by atoms with Crippen LogP contribution in [0.3, 0.4) is 0 Å².